The van der Waals surface area contributed by atoms with Crippen molar-refractivity contribution < 1.29 is 9.32 Å². The van der Waals surface area contributed by atoms with Crippen LogP contribution in [-0.2, 0) is 11.2 Å². The van der Waals surface area contributed by atoms with Crippen molar-refractivity contribution in [3.63, 3.8) is 0 Å². The topological polar surface area (TPSA) is 58.4 Å². The van der Waals surface area contributed by atoms with E-state index in [9.17, 15) is 4.79 Å². The second-order valence-electron chi connectivity index (χ2n) is 5.85. The SMILES string of the molecule is Cc1noc(Cl)c1CCC(=O)N1CCNCC1c1ccccc1Cl.Cl. The Morgan fingerprint density at radius 1 is 1.40 bits per heavy atom. The Kier molecular flexibility index (Phi) is 7.14. The van der Waals surface area contributed by atoms with Gasteiger partial charge in [-0.3, -0.25) is 4.79 Å². The van der Waals surface area contributed by atoms with Gasteiger partial charge < -0.3 is 14.7 Å². The lowest BCUT2D eigenvalue weighted by atomic mass is 10.0. The summed E-state index contributed by atoms with van der Waals surface area (Å²) in [6, 6.07) is 7.61. The molecule has 1 amide bonds. The highest BCUT2D eigenvalue weighted by molar-refractivity contribution is 6.31. The van der Waals surface area contributed by atoms with Gasteiger partial charge in [-0.1, -0.05) is 35.0 Å². The molecule has 1 N–H and O–H groups in total. The molecule has 0 spiro atoms. The summed E-state index contributed by atoms with van der Waals surface area (Å²) in [5, 5.41) is 8.11. The first-order valence-corrected chi connectivity index (χ1v) is 8.68. The van der Waals surface area contributed by atoms with E-state index in [-0.39, 0.29) is 29.6 Å². The number of benzene rings is 1. The summed E-state index contributed by atoms with van der Waals surface area (Å²) in [5.74, 6) is 0.0816. The minimum Gasteiger partial charge on any atom is -0.344 e. The van der Waals surface area contributed by atoms with Crippen molar-refractivity contribution >= 4 is 41.5 Å². The standard InChI is InChI=1S/C17H19Cl2N3O2.ClH/c1-11-12(17(19)24-21-11)6-7-16(23)22-9-8-20-10-15(22)13-4-2-3-5-14(13)18;/h2-5,15,20H,6-10H2,1H3;1H. The van der Waals surface area contributed by atoms with Gasteiger partial charge in [0.15, 0.2) is 0 Å². The van der Waals surface area contributed by atoms with Crippen molar-refractivity contribution in [2.24, 2.45) is 0 Å². The van der Waals surface area contributed by atoms with Crippen molar-refractivity contribution in [2.75, 3.05) is 19.6 Å². The van der Waals surface area contributed by atoms with Crippen molar-refractivity contribution in [2.45, 2.75) is 25.8 Å². The molecule has 1 aromatic heterocycles. The third-order valence-electron chi connectivity index (χ3n) is 4.35. The predicted molar refractivity (Wildman–Crippen MR) is 101 cm³/mol. The summed E-state index contributed by atoms with van der Waals surface area (Å²) in [6.45, 7) is 3.96. The average Bonchev–Trinajstić information content (AvgIpc) is 2.91. The summed E-state index contributed by atoms with van der Waals surface area (Å²) in [7, 11) is 0. The first-order chi connectivity index (χ1) is 11.6. The number of piperazine rings is 1. The highest BCUT2D eigenvalue weighted by atomic mass is 35.5. The molecular formula is C17H20Cl3N3O2. The lowest BCUT2D eigenvalue weighted by molar-refractivity contribution is -0.134. The van der Waals surface area contributed by atoms with Crippen molar-refractivity contribution in [3.8, 4) is 0 Å². The molecule has 1 aromatic carbocycles. The van der Waals surface area contributed by atoms with E-state index in [0.717, 1.165) is 23.4 Å². The molecule has 2 heterocycles. The van der Waals surface area contributed by atoms with Crippen LogP contribution in [0.1, 0.15) is 29.3 Å². The molecule has 1 aliphatic heterocycles. The molecule has 8 heteroatoms. The summed E-state index contributed by atoms with van der Waals surface area (Å²) >= 11 is 12.3. The molecule has 0 aliphatic carbocycles. The molecule has 1 unspecified atom stereocenters. The molecular weight excluding hydrogens is 385 g/mol. The van der Waals surface area contributed by atoms with Crippen molar-refractivity contribution in [1.29, 1.82) is 0 Å². The van der Waals surface area contributed by atoms with Gasteiger partial charge in [0.25, 0.3) is 0 Å². The zero-order valence-corrected chi connectivity index (χ0v) is 16.1. The van der Waals surface area contributed by atoms with Gasteiger partial charge in [-0.05, 0) is 36.6 Å². The number of halogens is 3. The third-order valence-corrected chi connectivity index (χ3v) is 4.99. The second-order valence-corrected chi connectivity index (χ2v) is 6.60. The van der Waals surface area contributed by atoms with Crippen LogP contribution < -0.4 is 5.32 Å². The fraction of sp³-hybridized carbons (Fsp3) is 0.412. The van der Waals surface area contributed by atoms with E-state index in [2.05, 4.69) is 10.5 Å². The molecule has 0 radical (unpaired) electrons. The number of nitrogens with zero attached hydrogens (tertiary/aromatic N) is 2. The van der Waals surface area contributed by atoms with Crippen LogP contribution in [0.2, 0.25) is 10.2 Å². The zero-order valence-electron chi connectivity index (χ0n) is 13.8. The second kappa shape index (κ2) is 8.90. The first kappa shape index (κ1) is 20.0. The molecule has 1 saturated heterocycles. The molecule has 1 atom stereocenters. The Labute approximate surface area is 163 Å². The molecule has 0 bridgehead atoms. The molecule has 2 aromatic rings. The van der Waals surface area contributed by atoms with Gasteiger partial charge >= 0.3 is 0 Å². The highest BCUT2D eigenvalue weighted by Crippen LogP contribution is 2.29. The van der Waals surface area contributed by atoms with Crippen LogP contribution in [0, 0.1) is 6.92 Å². The Balaban J connectivity index is 0.00000225. The van der Waals surface area contributed by atoms with Crippen LogP contribution in [0.3, 0.4) is 0 Å². The van der Waals surface area contributed by atoms with E-state index < -0.39 is 0 Å². The number of carbonyl (C=O) groups is 1. The molecule has 25 heavy (non-hydrogen) atoms. The number of rotatable bonds is 4. The summed E-state index contributed by atoms with van der Waals surface area (Å²) in [4.78, 5) is 14.7. The number of aromatic nitrogens is 1. The number of hydrogen-bond acceptors (Lipinski definition) is 4. The predicted octanol–water partition coefficient (Wildman–Crippen LogP) is 3.82. The largest absolute Gasteiger partial charge is 0.344 e. The molecule has 3 rings (SSSR count). The van der Waals surface area contributed by atoms with E-state index >= 15 is 0 Å². The van der Waals surface area contributed by atoms with Gasteiger partial charge in [-0.2, -0.15) is 0 Å². The summed E-state index contributed by atoms with van der Waals surface area (Å²) < 4.78 is 4.94. The molecule has 1 aliphatic rings. The minimum absolute atomic E-state index is 0. The maximum Gasteiger partial charge on any atom is 0.229 e. The quantitative estimate of drug-likeness (QED) is 0.841. The lowest BCUT2D eigenvalue weighted by Crippen LogP contribution is -2.48. The van der Waals surface area contributed by atoms with E-state index in [4.69, 9.17) is 27.7 Å². The third kappa shape index (κ3) is 4.47. The molecule has 5 nitrogen and oxygen atoms in total. The van der Waals surface area contributed by atoms with Gasteiger partial charge in [0, 0.05) is 36.6 Å². The van der Waals surface area contributed by atoms with Crippen LogP contribution in [0.5, 0.6) is 0 Å². The molecule has 1 fully saturated rings. The Morgan fingerprint density at radius 2 is 2.16 bits per heavy atom. The monoisotopic (exact) mass is 403 g/mol. The number of amides is 1. The molecule has 136 valence electrons. The average molecular weight is 405 g/mol. The Hall–Kier alpha value is -1.27. The maximum absolute atomic E-state index is 12.8. The van der Waals surface area contributed by atoms with Crippen LogP contribution in [0.4, 0.5) is 0 Å². The van der Waals surface area contributed by atoms with E-state index in [1.54, 1.807) is 0 Å². The number of carbonyl (C=O) groups excluding carboxylic acids is 1. The summed E-state index contributed by atoms with van der Waals surface area (Å²) in [5.41, 5.74) is 2.50. The fourth-order valence-corrected chi connectivity index (χ4v) is 3.57. The van der Waals surface area contributed by atoms with E-state index in [0.29, 0.717) is 31.0 Å². The fourth-order valence-electron chi connectivity index (χ4n) is 3.04. The number of nitrogens with one attached hydrogen (secondary N) is 1. The smallest absolute Gasteiger partial charge is 0.229 e. The van der Waals surface area contributed by atoms with E-state index in [1.807, 2.05) is 36.1 Å². The van der Waals surface area contributed by atoms with Gasteiger partial charge in [-0.25, -0.2) is 0 Å². The maximum atomic E-state index is 12.8. The lowest BCUT2D eigenvalue weighted by Gasteiger charge is -2.37. The molecule has 0 saturated carbocycles. The first-order valence-electron chi connectivity index (χ1n) is 7.93. The van der Waals surface area contributed by atoms with Gasteiger partial charge in [0.05, 0.1) is 11.7 Å². The van der Waals surface area contributed by atoms with Gasteiger partial charge in [-0.15, -0.1) is 12.4 Å². The van der Waals surface area contributed by atoms with Gasteiger partial charge in [0.1, 0.15) is 0 Å². The minimum atomic E-state index is -0.0565. The van der Waals surface area contributed by atoms with Crippen molar-refractivity contribution in [1.82, 2.24) is 15.4 Å². The van der Waals surface area contributed by atoms with Crippen LogP contribution in [-0.4, -0.2) is 35.6 Å². The van der Waals surface area contributed by atoms with Crippen LogP contribution >= 0.6 is 35.6 Å². The number of hydrogen-bond donors (Lipinski definition) is 1. The normalized spacial score (nSPS) is 17.2. The Morgan fingerprint density at radius 3 is 2.84 bits per heavy atom. The van der Waals surface area contributed by atoms with Crippen molar-refractivity contribution in [3.05, 3.63) is 51.3 Å². The van der Waals surface area contributed by atoms with Gasteiger partial charge in [0.2, 0.25) is 11.1 Å². The highest BCUT2D eigenvalue weighted by Gasteiger charge is 2.29. The van der Waals surface area contributed by atoms with Crippen LogP contribution in [0.15, 0.2) is 28.8 Å². The Bertz CT molecular complexity index is 716. The van der Waals surface area contributed by atoms with E-state index in [1.165, 1.54) is 0 Å². The number of aryl methyl sites for hydroxylation is 1. The summed E-state index contributed by atoms with van der Waals surface area (Å²) in [6.07, 6.45) is 0.884. The zero-order chi connectivity index (χ0) is 17.1. The van der Waals surface area contributed by atoms with Crippen LogP contribution in [0.25, 0.3) is 0 Å².